The average molecular weight is 87.1 g/mol. The summed E-state index contributed by atoms with van der Waals surface area (Å²) >= 11 is 0. The fourth-order valence-corrected chi connectivity index (χ4v) is 0.406. The second-order valence-corrected chi connectivity index (χ2v) is 1.67. The summed E-state index contributed by atoms with van der Waals surface area (Å²) in [5.41, 5.74) is 7.90. The van der Waals surface area contributed by atoms with E-state index in [0.29, 0.717) is 12.1 Å². The van der Waals surface area contributed by atoms with Gasteiger partial charge in [0, 0.05) is 12.1 Å². The molecule has 6 heavy (non-hydrogen) atoms. The molecule has 3 heteroatoms. The Morgan fingerprint density at radius 2 is 2.17 bits per heavy atom. The third-order valence-electron chi connectivity index (χ3n) is 1.05. The first-order valence-corrected chi connectivity index (χ1v) is 2.06. The molecule has 3 nitrogen and oxygen atoms in total. The van der Waals surface area contributed by atoms with Gasteiger partial charge in [-0.3, -0.25) is 11.3 Å². The molecule has 36 valence electrons. The molecule has 0 aromatic carbocycles. The highest BCUT2D eigenvalue weighted by Crippen LogP contribution is 2.15. The van der Waals surface area contributed by atoms with Crippen LogP contribution in [0, 0.1) is 0 Å². The van der Waals surface area contributed by atoms with Gasteiger partial charge in [0.05, 0.1) is 0 Å². The molecular weight excluding hydrogens is 78.1 g/mol. The Kier molecular flexibility index (Phi) is 0.799. The molecule has 1 aliphatic rings. The number of nitrogens with one attached hydrogen (secondary N) is 1. The van der Waals surface area contributed by atoms with Crippen molar-refractivity contribution in [3.63, 3.8) is 0 Å². The van der Waals surface area contributed by atoms with Crippen molar-refractivity contribution in [3.8, 4) is 0 Å². The predicted octanol–water partition coefficient (Wildman–Crippen LogP) is -1.45. The van der Waals surface area contributed by atoms with Crippen molar-refractivity contribution in [1.82, 2.24) is 5.43 Å². The molecule has 1 saturated carbocycles. The maximum absolute atomic E-state index is 5.33. The summed E-state index contributed by atoms with van der Waals surface area (Å²) < 4.78 is 0. The first-order valence-electron chi connectivity index (χ1n) is 2.06. The Balaban J connectivity index is 2.09. The Labute approximate surface area is 36.7 Å². The molecular formula is C3H9N3. The molecule has 1 rings (SSSR count). The van der Waals surface area contributed by atoms with E-state index in [9.17, 15) is 0 Å². The molecule has 0 bridgehead atoms. The van der Waals surface area contributed by atoms with Gasteiger partial charge in [-0.1, -0.05) is 0 Å². The van der Waals surface area contributed by atoms with Gasteiger partial charge in [-0.2, -0.15) is 0 Å². The van der Waals surface area contributed by atoms with Gasteiger partial charge in [-0.25, -0.2) is 0 Å². The van der Waals surface area contributed by atoms with Crippen LogP contribution in [0.2, 0.25) is 0 Å². The molecule has 0 heterocycles. The molecule has 0 saturated heterocycles. The molecule has 0 spiro atoms. The number of nitrogens with two attached hydrogens (primary N) is 2. The zero-order valence-corrected chi connectivity index (χ0v) is 3.52. The third kappa shape index (κ3) is 0.518. The van der Waals surface area contributed by atoms with Crippen molar-refractivity contribution in [2.45, 2.75) is 18.5 Å². The Morgan fingerprint density at radius 1 is 1.67 bits per heavy atom. The monoisotopic (exact) mass is 87.1 g/mol. The van der Waals surface area contributed by atoms with Gasteiger partial charge in [0.2, 0.25) is 0 Å². The summed E-state index contributed by atoms with van der Waals surface area (Å²) in [6, 6.07) is 0.736. The minimum Gasteiger partial charge on any atom is -0.326 e. The molecule has 5 N–H and O–H groups in total. The van der Waals surface area contributed by atoms with Crippen LogP contribution in [0.15, 0.2) is 0 Å². The minimum absolute atomic E-state index is 0.329. The van der Waals surface area contributed by atoms with Gasteiger partial charge < -0.3 is 5.73 Å². The summed E-state index contributed by atoms with van der Waals surface area (Å²) in [7, 11) is 0. The zero-order chi connectivity index (χ0) is 4.57. The Bertz CT molecular complexity index is 52.0. The van der Waals surface area contributed by atoms with E-state index >= 15 is 0 Å². The summed E-state index contributed by atoms with van der Waals surface area (Å²) in [5, 5.41) is 0. The van der Waals surface area contributed by atoms with Crippen LogP contribution < -0.4 is 17.0 Å². The van der Waals surface area contributed by atoms with Crippen molar-refractivity contribution >= 4 is 0 Å². The molecule has 0 radical (unpaired) electrons. The van der Waals surface area contributed by atoms with E-state index in [4.69, 9.17) is 11.6 Å². The molecule has 0 aromatic heterocycles. The van der Waals surface area contributed by atoms with Crippen LogP contribution in [0.1, 0.15) is 6.42 Å². The van der Waals surface area contributed by atoms with Crippen molar-refractivity contribution in [2.24, 2.45) is 11.6 Å². The largest absolute Gasteiger partial charge is 0.326 e. The molecule has 2 atom stereocenters. The van der Waals surface area contributed by atoms with Gasteiger partial charge in [-0.15, -0.1) is 0 Å². The van der Waals surface area contributed by atoms with Gasteiger partial charge >= 0.3 is 0 Å². The van der Waals surface area contributed by atoms with Gasteiger partial charge in [0.1, 0.15) is 0 Å². The Morgan fingerprint density at radius 3 is 2.17 bits per heavy atom. The molecule has 0 aromatic rings. The van der Waals surface area contributed by atoms with Crippen LogP contribution in [-0.2, 0) is 0 Å². The van der Waals surface area contributed by atoms with Gasteiger partial charge in [0.25, 0.3) is 0 Å². The fraction of sp³-hybridized carbons (Fsp3) is 1.00. The molecule has 2 unspecified atom stereocenters. The maximum Gasteiger partial charge on any atom is 0.0377 e. The molecule has 1 aliphatic carbocycles. The minimum atomic E-state index is 0.329. The van der Waals surface area contributed by atoms with Crippen LogP contribution in [-0.4, -0.2) is 12.1 Å². The lowest BCUT2D eigenvalue weighted by Crippen LogP contribution is -2.28. The normalized spacial score (nSPS) is 43.0. The van der Waals surface area contributed by atoms with Crippen molar-refractivity contribution in [3.05, 3.63) is 0 Å². The van der Waals surface area contributed by atoms with E-state index in [1.54, 1.807) is 0 Å². The molecule has 0 amide bonds. The first-order chi connectivity index (χ1) is 2.84. The number of rotatable bonds is 1. The standard InChI is InChI=1S/C3H9N3/c4-2-1-3(2)6-5/h2-3,6H,1,4-5H2. The number of hydrogen-bond donors (Lipinski definition) is 3. The highest BCUT2D eigenvalue weighted by atomic mass is 15.3. The van der Waals surface area contributed by atoms with Crippen LogP contribution in [0.25, 0.3) is 0 Å². The average Bonchev–Trinajstić information content (AvgIpc) is 2.19. The molecule has 1 fully saturated rings. The Hall–Kier alpha value is -0.120. The second-order valence-electron chi connectivity index (χ2n) is 1.67. The second kappa shape index (κ2) is 1.18. The summed E-state index contributed by atoms with van der Waals surface area (Å²) in [5.74, 6) is 4.99. The third-order valence-corrected chi connectivity index (χ3v) is 1.05. The van der Waals surface area contributed by atoms with Gasteiger partial charge in [0.15, 0.2) is 0 Å². The van der Waals surface area contributed by atoms with Crippen LogP contribution in [0.3, 0.4) is 0 Å². The van der Waals surface area contributed by atoms with Crippen molar-refractivity contribution in [1.29, 1.82) is 0 Å². The quantitative estimate of drug-likeness (QED) is 0.271. The topological polar surface area (TPSA) is 64.1 Å². The van der Waals surface area contributed by atoms with Crippen molar-refractivity contribution < 1.29 is 0 Å². The SMILES string of the molecule is NNC1CC1N. The summed E-state index contributed by atoms with van der Waals surface area (Å²) in [6.07, 6.45) is 1.04. The van der Waals surface area contributed by atoms with E-state index < -0.39 is 0 Å². The van der Waals surface area contributed by atoms with Crippen molar-refractivity contribution in [2.75, 3.05) is 0 Å². The first kappa shape index (κ1) is 4.05. The summed E-state index contributed by atoms with van der Waals surface area (Å²) in [4.78, 5) is 0. The van der Waals surface area contributed by atoms with E-state index in [1.165, 1.54) is 0 Å². The highest BCUT2D eigenvalue weighted by Gasteiger charge is 2.31. The predicted molar refractivity (Wildman–Crippen MR) is 23.7 cm³/mol. The lowest BCUT2D eigenvalue weighted by molar-refractivity contribution is 0.712. The van der Waals surface area contributed by atoms with Gasteiger partial charge in [-0.05, 0) is 6.42 Å². The van der Waals surface area contributed by atoms with Crippen LogP contribution in [0.5, 0.6) is 0 Å². The van der Waals surface area contributed by atoms with E-state index in [0.717, 1.165) is 6.42 Å². The summed E-state index contributed by atoms with van der Waals surface area (Å²) in [6.45, 7) is 0. The molecule has 0 aliphatic heterocycles. The number of hydrazine groups is 1. The van der Waals surface area contributed by atoms with Crippen LogP contribution in [0.4, 0.5) is 0 Å². The van der Waals surface area contributed by atoms with E-state index in [1.807, 2.05) is 0 Å². The van der Waals surface area contributed by atoms with E-state index in [-0.39, 0.29) is 0 Å². The highest BCUT2D eigenvalue weighted by molar-refractivity contribution is 4.95. The number of hydrogen-bond acceptors (Lipinski definition) is 3. The zero-order valence-electron chi connectivity index (χ0n) is 3.52. The van der Waals surface area contributed by atoms with Crippen LogP contribution >= 0.6 is 0 Å². The lowest BCUT2D eigenvalue weighted by atomic mass is 10.7. The smallest absolute Gasteiger partial charge is 0.0377 e. The van der Waals surface area contributed by atoms with E-state index in [2.05, 4.69) is 5.43 Å². The fourth-order valence-electron chi connectivity index (χ4n) is 0.406. The lowest BCUT2D eigenvalue weighted by Gasteiger charge is -1.85. The maximum atomic E-state index is 5.33.